The number of allylic oxidation sites excluding steroid dienone is 1. The lowest BCUT2D eigenvalue weighted by molar-refractivity contribution is 1.29. The summed E-state index contributed by atoms with van der Waals surface area (Å²) in [6.45, 7) is 4.09. The quantitative estimate of drug-likeness (QED) is 0.709. The molecule has 0 aliphatic carbocycles. The van der Waals surface area contributed by atoms with Gasteiger partial charge >= 0.3 is 0 Å². The van der Waals surface area contributed by atoms with E-state index in [0.29, 0.717) is 0 Å². The van der Waals surface area contributed by atoms with E-state index in [-0.39, 0.29) is 0 Å². The maximum Gasteiger partial charge on any atom is 0.0441 e. The van der Waals surface area contributed by atoms with Gasteiger partial charge in [-0.05, 0) is 41.3 Å². The molecule has 0 N–H and O–H groups in total. The average molecular weight is 263 g/mol. The van der Waals surface area contributed by atoms with E-state index in [4.69, 9.17) is 23.2 Å². The summed E-state index contributed by atoms with van der Waals surface area (Å²) in [5, 5.41) is 1.52. The second-order valence-electron chi connectivity index (χ2n) is 3.88. The molecule has 17 heavy (non-hydrogen) atoms. The molecule has 0 bridgehead atoms. The average Bonchev–Trinajstić information content (AvgIpc) is 2.33. The fourth-order valence-corrected chi connectivity index (χ4v) is 1.99. The van der Waals surface area contributed by atoms with Crippen molar-refractivity contribution in [3.8, 4) is 0 Å². The molecule has 0 spiro atoms. The predicted octanol–water partition coefficient (Wildman–Crippen LogP) is 5.25. The molecule has 0 saturated carbocycles. The standard InChI is InChI=1S/C15H12Cl2/c1-11(12-6-8-14(16)9-7-12)10-13-4-2-3-5-15(13)17/h2-9H,1,10H2. The molecule has 0 aliphatic rings. The van der Waals surface area contributed by atoms with Crippen LogP contribution in [0.15, 0.2) is 55.1 Å². The zero-order chi connectivity index (χ0) is 12.3. The van der Waals surface area contributed by atoms with Crippen LogP contribution in [-0.2, 0) is 6.42 Å². The molecule has 86 valence electrons. The Morgan fingerprint density at radius 2 is 1.59 bits per heavy atom. The summed E-state index contributed by atoms with van der Waals surface area (Å²) >= 11 is 12.0. The van der Waals surface area contributed by atoms with Crippen molar-refractivity contribution in [1.82, 2.24) is 0 Å². The minimum Gasteiger partial charge on any atom is -0.0949 e. The highest BCUT2D eigenvalue weighted by molar-refractivity contribution is 6.31. The van der Waals surface area contributed by atoms with Crippen LogP contribution >= 0.6 is 23.2 Å². The second-order valence-corrected chi connectivity index (χ2v) is 4.72. The lowest BCUT2D eigenvalue weighted by Crippen LogP contribution is -1.90. The van der Waals surface area contributed by atoms with Crippen LogP contribution in [0.3, 0.4) is 0 Å². The maximum atomic E-state index is 6.12. The highest BCUT2D eigenvalue weighted by atomic mass is 35.5. The molecule has 0 aromatic heterocycles. The van der Waals surface area contributed by atoms with Gasteiger partial charge in [0, 0.05) is 10.0 Å². The molecule has 0 atom stereocenters. The third kappa shape index (κ3) is 3.12. The van der Waals surface area contributed by atoms with E-state index in [1.165, 1.54) is 0 Å². The predicted molar refractivity (Wildman–Crippen MR) is 75.6 cm³/mol. The van der Waals surface area contributed by atoms with Crippen LogP contribution in [-0.4, -0.2) is 0 Å². The van der Waals surface area contributed by atoms with Crippen LogP contribution in [0.25, 0.3) is 5.57 Å². The third-order valence-corrected chi connectivity index (χ3v) is 3.23. The normalized spacial score (nSPS) is 10.2. The van der Waals surface area contributed by atoms with Crippen molar-refractivity contribution in [2.45, 2.75) is 6.42 Å². The molecule has 2 heteroatoms. The number of hydrogen-bond donors (Lipinski definition) is 0. The molecular formula is C15H12Cl2. The van der Waals surface area contributed by atoms with E-state index >= 15 is 0 Å². The van der Waals surface area contributed by atoms with Crippen LogP contribution < -0.4 is 0 Å². The number of halogens is 2. The van der Waals surface area contributed by atoms with Gasteiger partial charge in [0.15, 0.2) is 0 Å². The topological polar surface area (TPSA) is 0 Å². The Labute approximate surface area is 112 Å². The summed E-state index contributed by atoms with van der Waals surface area (Å²) < 4.78 is 0. The lowest BCUT2D eigenvalue weighted by Gasteiger charge is -2.07. The van der Waals surface area contributed by atoms with Crippen LogP contribution in [0.5, 0.6) is 0 Å². The van der Waals surface area contributed by atoms with Crippen molar-refractivity contribution < 1.29 is 0 Å². The summed E-state index contributed by atoms with van der Waals surface area (Å²) in [4.78, 5) is 0. The first kappa shape index (κ1) is 12.2. The van der Waals surface area contributed by atoms with E-state index in [1.54, 1.807) is 0 Å². The Morgan fingerprint density at radius 3 is 2.24 bits per heavy atom. The molecule has 0 aliphatic heterocycles. The molecule has 0 radical (unpaired) electrons. The van der Waals surface area contributed by atoms with Gasteiger partial charge in [-0.25, -0.2) is 0 Å². The van der Waals surface area contributed by atoms with Gasteiger partial charge in [0.25, 0.3) is 0 Å². The monoisotopic (exact) mass is 262 g/mol. The highest BCUT2D eigenvalue weighted by Gasteiger charge is 2.03. The van der Waals surface area contributed by atoms with Crippen molar-refractivity contribution in [2.75, 3.05) is 0 Å². The van der Waals surface area contributed by atoms with Gasteiger partial charge < -0.3 is 0 Å². The maximum absolute atomic E-state index is 6.12. The Morgan fingerprint density at radius 1 is 0.941 bits per heavy atom. The van der Waals surface area contributed by atoms with Crippen molar-refractivity contribution >= 4 is 28.8 Å². The van der Waals surface area contributed by atoms with Gasteiger partial charge in [-0.3, -0.25) is 0 Å². The van der Waals surface area contributed by atoms with E-state index in [0.717, 1.165) is 33.2 Å². The first-order chi connectivity index (χ1) is 8.16. The van der Waals surface area contributed by atoms with E-state index < -0.39 is 0 Å². The number of benzene rings is 2. The first-order valence-electron chi connectivity index (χ1n) is 5.34. The van der Waals surface area contributed by atoms with Gasteiger partial charge in [-0.15, -0.1) is 0 Å². The molecule has 2 rings (SSSR count). The molecule has 2 aromatic carbocycles. The minimum atomic E-state index is 0.735. The third-order valence-electron chi connectivity index (χ3n) is 2.61. The van der Waals surface area contributed by atoms with Crippen LogP contribution in [0, 0.1) is 0 Å². The van der Waals surface area contributed by atoms with Crippen molar-refractivity contribution in [2.24, 2.45) is 0 Å². The number of hydrogen-bond acceptors (Lipinski definition) is 0. The molecular weight excluding hydrogens is 251 g/mol. The number of rotatable bonds is 3. The van der Waals surface area contributed by atoms with Gasteiger partial charge in [0.1, 0.15) is 0 Å². The molecule has 0 saturated heterocycles. The van der Waals surface area contributed by atoms with E-state index in [9.17, 15) is 0 Å². The van der Waals surface area contributed by atoms with E-state index in [2.05, 4.69) is 6.58 Å². The SMILES string of the molecule is C=C(Cc1ccccc1Cl)c1ccc(Cl)cc1. The highest BCUT2D eigenvalue weighted by Crippen LogP contribution is 2.23. The summed E-state index contributed by atoms with van der Waals surface area (Å²) in [6.07, 6.45) is 0.751. The summed E-state index contributed by atoms with van der Waals surface area (Å²) in [5.41, 5.74) is 3.22. The zero-order valence-electron chi connectivity index (χ0n) is 9.29. The Balaban J connectivity index is 2.17. The van der Waals surface area contributed by atoms with Crippen molar-refractivity contribution in [1.29, 1.82) is 0 Å². The smallest absolute Gasteiger partial charge is 0.0441 e. The zero-order valence-corrected chi connectivity index (χ0v) is 10.8. The first-order valence-corrected chi connectivity index (χ1v) is 6.09. The Hall–Kier alpha value is -1.24. The van der Waals surface area contributed by atoms with Crippen LogP contribution in [0.2, 0.25) is 10.0 Å². The van der Waals surface area contributed by atoms with E-state index in [1.807, 2.05) is 48.5 Å². The largest absolute Gasteiger partial charge is 0.0949 e. The Kier molecular flexibility index (Phi) is 3.88. The fraction of sp³-hybridized carbons (Fsp3) is 0.0667. The van der Waals surface area contributed by atoms with Crippen molar-refractivity contribution in [3.05, 3.63) is 76.3 Å². The van der Waals surface area contributed by atoms with Crippen LogP contribution in [0.1, 0.15) is 11.1 Å². The van der Waals surface area contributed by atoms with Gasteiger partial charge in [-0.2, -0.15) is 0 Å². The van der Waals surface area contributed by atoms with Gasteiger partial charge in [0.2, 0.25) is 0 Å². The summed E-state index contributed by atoms with van der Waals surface area (Å²) in [6, 6.07) is 15.5. The fourth-order valence-electron chi connectivity index (χ4n) is 1.66. The minimum absolute atomic E-state index is 0.735. The molecule has 0 amide bonds. The summed E-state index contributed by atoms with van der Waals surface area (Å²) in [5.74, 6) is 0. The second kappa shape index (κ2) is 5.39. The molecule has 0 heterocycles. The Bertz CT molecular complexity index is 527. The van der Waals surface area contributed by atoms with Crippen LogP contribution in [0.4, 0.5) is 0 Å². The molecule has 0 fully saturated rings. The molecule has 0 unspecified atom stereocenters. The van der Waals surface area contributed by atoms with Gasteiger partial charge in [0.05, 0.1) is 0 Å². The summed E-state index contributed by atoms with van der Waals surface area (Å²) in [7, 11) is 0. The van der Waals surface area contributed by atoms with Crippen molar-refractivity contribution in [3.63, 3.8) is 0 Å². The lowest BCUT2D eigenvalue weighted by atomic mass is 10.00. The molecule has 2 aromatic rings. The van der Waals surface area contributed by atoms with Gasteiger partial charge in [-0.1, -0.05) is 60.1 Å². The molecule has 0 nitrogen and oxygen atoms in total.